The van der Waals surface area contributed by atoms with Crippen LogP contribution in [-0.2, 0) is 6.42 Å². The summed E-state index contributed by atoms with van der Waals surface area (Å²) in [5.74, 6) is 0.737. The van der Waals surface area contributed by atoms with Crippen molar-refractivity contribution in [3.05, 3.63) is 35.4 Å². The number of alkyl halides is 1. The maximum Gasteiger partial charge on any atom is 0.0186 e. The van der Waals surface area contributed by atoms with E-state index in [0.29, 0.717) is 4.83 Å². The maximum atomic E-state index is 3.67. The molecule has 1 heteroatoms. The second kappa shape index (κ2) is 3.21. The first kappa shape index (κ1) is 8.31. The van der Waals surface area contributed by atoms with Gasteiger partial charge in [0.05, 0.1) is 0 Å². The molecule has 0 saturated carbocycles. The van der Waals surface area contributed by atoms with E-state index in [9.17, 15) is 0 Å². The third kappa shape index (κ3) is 1.31. The van der Waals surface area contributed by atoms with E-state index in [1.54, 1.807) is 11.1 Å². The van der Waals surface area contributed by atoms with Gasteiger partial charge in [-0.05, 0) is 29.9 Å². The molecule has 1 aromatic carbocycles. The zero-order valence-electron chi connectivity index (χ0n) is 7.26. The molecule has 0 aromatic heterocycles. The van der Waals surface area contributed by atoms with Crippen molar-refractivity contribution in [1.82, 2.24) is 0 Å². The van der Waals surface area contributed by atoms with Crippen LogP contribution in [0, 0.1) is 0 Å². The minimum Gasteiger partial charge on any atom is -0.0887 e. The fourth-order valence-corrected chi connectivity index (χ4v) is 2.62. The molecule has 0 nitrogen and oxygen atoms in total. The summed E-state index contributed by atoms with van der Waals surface area (Å²) >= 11 is 3.67. The number of halogens is 1. The Balaban J connectivity index is 2.36. The number of hydrogen-bond donors (Lipinski definition) is 0. The van der Waals surface area contributed by atoms with Gasteiger partial charge in [-0.2, -0.15) is 0 Å². The zero-order valence-corrected chi connectivity index (χ0v) is 8.84. The van der Waals surface area contributed by atoms with Crippen LogP contribution in [0.15, 0.2) is 24.3 Å². The molecule has 0 aliphatic heterocycles. The SMILES string of the molecule is CC(Br)C1CCc2ccccc21. The lowest BCUT2D eigenvalue weighted by atomic mass is 9.99. The lowest BCUT2D eigenvalue weighted by Crippen LogP contribution is -2.04. The Bertz CT molecular complexity index is 278. The van der Waals surface area contributed by atoms with Crippen LogP contribution in [0.4, 0.5) is 0 Å². The summed E-state index contributed by atoms with van der Waals surface area (Å²) in [7, 11) is 0. The summed E-state index contributed by atoms with van der Waals surface area (Å²) < 4.78 is 0. The number of benzene rings is 1. The maximum absolute atomic E-state index is 3.67. The average molecular weight is 225 g/mol. The normalized spacial score (nSPS) is 23.7. The number of hydrogen-bond acceptors (Lipinski definition) is 0. The predicted molar refractivity (Wildman–Crippen MR) is 55.9 cm³/mol. The van der Waals surface area contributed by atoms with E-state index in [1.807, 2.05) is 0 Å². The molecule has 2 atom stereocenters. The fourth-order valence-electron chi connectivity index (χ4n) is 2.07. The van der Waals surface area contributed by atoms with Gasteiger partial charge in [0.15, 0.2) is 0 Å². The van der Waals surface area contributed by atoms with Gasteiger partial charge < -0.3 is 0 Å². The van der Waals surface area contributed by atoms with Crippen molar-refractivity contribution in [2.75, 3.05) is 0 Å². The van der Waals surface area contributed by atoms with Gasteiger partial charge >= 0.3 is 0 Å². The van der Waals surface area contributed by atoms with Crippen molar-refractivity contribution in [3.63, 3.8) is 0 Å². The van der Waals surface area contributed by atoms with Crippen LogP contribution in [0.25, 0.3) is 0 Å². The van der Waals surface area contributed by atoms with Crippen molar-refractivity contribution in [3.8, 4) is 0 Å². The smallest absolute Gasteiger partial charge is 0.0186 e. The first-order valence-electron chi connectivity index (χ1n) is 4.51. The van der Waals surface area contributed by atoms with Gasteiger partial charge in [-0.1, -0.05) is 47.1 Å². The number of aryl methyl sites for hydroxylation is 1. The van der Waals surface area contributed by atoms with Crippen molar-refractivity contribution >= 4 is 15.9 Å². The Morgan fingerprint density at radius 2 is 2.17 bits per heavy atom. The predicted octanol–water partition coefficient (Wildman–Crippen LogP) is 3.50. The quantitative estimate of drug-likeness (QED) is 0.641. The van der Waals surface area contributed by atoms with Gasteiger partial charge in [-0.25, -0.2) is 0 Å². The van der Waals surface area contributed by atoms with Crippen molar-refractivity contribution in [1.29, 1.82) is 0 Å². The first-order chi connectivity index (χ1) is 5.79. The molecule has 2 unspecified atom stereocenters. The Kier molecular flexibility index (Phi) is 2.22. The molecular weight excluding hydrogens is 212 g/mol. The third-order valence-electron chi connectivity index (χ3n) is 2.73. The topological polar surface area (TPSA) is 0 Å². The van der Waals surface area contributed by atoms with E-state index in [-0.39, 0.29) is 0 Å². The van der Waals surface area contributed by atoms with Crippen molar-refractivity contribution in [2.24, 2.45) is 0 Å². The number of rotatable bonds is 1. The van der Waals surface area contributed by atoms with Crippen molar-refractivity contribution < 1.29 is 0 Å². The highest BCUT2D eigenvalue weighted by Crippen LogP contribution is 2.37. The molecule has 0 spiro atoms. The molecule has 1 aliphatic rings. The van der Waals surface area contributed by atoms with Crippen LogP contribution in [-0.4, -0.2) is 4.83 Å². The average Bonchev–Trinajstić information content (AvgIpc) is 2.47. The second-order valence-corrected chi connectivity index (χ2v) is 4.97. The summed E-state index contributed by atoms with van der Waals surface area (Å²) in [6, 6.07) is 8.81. The molecule has 0 radical (unpaired) electrons. The molecule has 64 valence electrons. The minimum atomic E-state index is 0.612. The van der Waals surface area contributed by atoms with Gasteiger partial charge in [-0.3, -0.25) is 0 Å². The summed E-state index contributed by atoms with van der Waals surface area (Å²) in [6.07, 6.45) is 2.57. The van der Waals surface area contributed by atoms with Gasteiger partial charge in [0, 0.05) is 4.83 Å². The number of fused-ring (bicyclic) bond motifs is 1. The molecular formula is C11H13Br. The van der Waals surface area contributed by atoms with E-state index in [4.69, 9.17) is 0 Å². The summed E-state index contributed by atoms with van der Waals surface area (Å²) in [4.78, 5) is 0.612. The van der Waals surface area contributed by atoms with Crippen LogP contribution in [0.2, 0.25) is 0 Å². The lowest BCUT2D eigenvalue weighted by Gasteiger charge is -2.13. The second-order valence-electron chi connectivity index (χ2n) is 3.52. The van der Waals surface area contributed by atoms with Gasteiger partial charge in [0.2, 0.25) is 0 Å². The Morgan fingerprint density at radius 1 is 1.42 bits per heavy atom. The van der Waals surface area contributed by atoms with E-state index in [1.165, 1.54) is 12.8 Å². The Hall–Kier alpha value is -0.300. The van der Waals surface area contributed by atoms with E-state index < -0.39 is 0 Å². The highest BCUT2D eigenvalue weighted by atomic mass is 79.9. The fraction of sp³-hybridized carbons (Fsp3) is 0.455. The van der Waals surface area contributed by atoms with Gasteiger partial charge in [-0.15, -0.1) is 0 Å². The van der Waals surface area contributed by atoms with Crippen LogP contribution in [0.5, 0.6) is 0 Å². The minimum absolute atomic E-state index is 0.612. The van der Waals surface area contributed by atoms with Gasteiger partial charge in [0.25, 0.3) is 0 Å². The van der Waals surface area contributed by atoms with Crippen LogP contribution >= 0.6 is 15.9 Å². The van der Waals surface area contributed by atoms with Crippen LogP contribution < -0.4 is 0 Å². The molecule has 1 aliphatic carbocycles. The summed E-state index contributed by atoms with van der Waals surface area (Å²) in [6.45, 7) is 2.24. The molecule has 12 heavy (non-hydrogen) atoms. The molecule has 0 N–H and O–H groups in total. The molecule has 0 amide bonds. The largest absolute Gasteiger partial charge is 0.0887 e. The molecule has 0 bridgehead atoms. The van der Waals surface area contributed by atoms with E-state index >= 15 is 0 Å². The Labute approximate surface area is 82.1 Å². The molecule has 0 heterocycles. The van der Waals surface area contributed by atoms with Gasteiger partial charge in [0.1, 0.15) is 0 Å². The van der Waals surface area contributed by atoms with Crippen LogP contribution in [0.3, 0.4) is 0 Å². The molecule has 1 aromatic rings. The monoisotopic (exact) mass is 224 g/mol. The summed E-state index contributed by atoms with van der Waals surface area (Å²) in [5, 5.41) is 0. The first-order valence-corrected chi connectivity index (χ1v) is 5.42. The Morgan fingerprint density at radius 3 is 2.92 bits per heavy atom. The molecule has 0 fully saturated rings. The highest BCUT2D eigenvalue weighted by Gasteiger charge is 2.24. The zero-order chi connectivity index (χ0) is 8.55. The van der Waals surface area contributed by atoms with E-state index in [2.05, 4.69) is 47.1 Å². The highest BCUT2D eigenvalue weighted by molar-refractivity contribution is 9.09. The lowest BCUT2D eigenvalue weighted by molar-refractivity contribution is 0.677. The molecule has 0 saturated heterocycles. The van der Waals surface area contributed by atoms with E-state index in [0.717, 1.165) is 5.92 Å². The summed E-state index contributed by atoms with van der Waals surface area (Å²) in [5.41, 5.74) is 3.11. The van der Waals surface area contributed by atoms with Crippen LogP contribution in [0.1, 0.15) is 30.4 Å². The molecule has 2 rings (SSSR count). The third-order valence-corrected chi connectivity index (χ3v) is 3.37. The standard InChI is InChI=1S/C11H13Br/c1-8(12)10-7-6-9-4-2-3-5-11(9)10/h2-5,8,10H,6-7H2,1H3. The van der Waals surface area contributed by atoms with Crippen molar-refractivity contribution in [2.45, 2.75) is 30.5 Å².